The Balaban J connectivity index is 1.30. The number of ether oxygens (including phenoxy) is 2. The molecule has 0 unspecified atom stereocenters. The van der Waals surface area contributed by atoms with E-state index in [1.807, 2.05) is 24.3 Å². The maximum atomic E-state index is 13.6. The third kappa shape index (κ3) is 5.98. The molecule has 3 aromatic carbocycles. The number of methoxy groups -OCH3 is 1. The topological polar surface area (TPSA) is 127 Å². The molecule has 3 heterocycles. The molecule has 2 amide bonds. The van der Waals surface area contributed by atoms with Gasteiger partial charge in [-0.2, -0.15) is 0 Å². The Kier molecular flexibility index (Phi) is 8.25. The summed E-state index contributed by atoms with van der Waals surface area (Å²) in [5, 5.41) is 4.45. The van der Waals surface area contributed by atoms with E-state index in [-0.39, 0.29) is 22.2 Å². The van der Waals surface area contributed by atoms with E-state index in [1.54, 1.807) is 53.5 Å². The molecule has 0 saturated carbocycles. The zero-order valence-corrected chi connectivity index (χ0v) is 26.3. The molecule has 2 aromatic heterocycles. The van der Waals surface area contributed by atoms with Crippen molar-refractivity contribution in [2.75, 3.05) is 30.3 Å². The number of amides is 2. The lowest BCUT2D eigenvalue weighted by atomic mass is 10.0. The van der Waals surface area contributed by atoms with Crippen LogP contribution in [0.2, 0.25) is 0 Å². The number of nitrogens with one attached hydrogen (secondary N) is 2. The van der Waals surface area contributed by atoms with Gasteiger partial charge in [0, 0.05) is 28.2 Å². The summed E-state index contributed by atoms with van der Waals surface area (Å²) in [5.41, 5.74) is 3.28. The van der Waals surface area contributed by atoms with Gasteiger partial charge in [0.25, 0.3) is 15.9 Å². The lowest BCUT2D eigenvalue weighted by molar-refractivity contribution is 0.102. The molecule has 13 heteroatoms. The van der Waals surface area contributed by atoms with Crippen molar-refractivity contribution >= 4 is 65.6 Å². The molecule has 44 heavy (non-hydrogen) atoms. The summed E-state index contributed by atoms with van der Waals surface area (Å²) in [6, 6.07) is 20.2. The van der Waals surface area contributed by atoms with E-state index in [1.165, 1.54) is 36.6 Å². The smallest absolute Gasteiger partial charge is 0.410 e. The molecular formula is C31H28N4O6S3. The second-order valence-corrected chi connectivity index (χ2v) is 13.7. The third-order valence-corrected chi connectivity index (χ3v) is 10.6. The molecule has 0 fully saturated rings. The molecule has 2 N–H and O–H groups in total. The maximum Gasteiger partial charge on any atom is 0.410 e. The van der Waals surface area contributed by atoms with Gasteiger partial charge in [0.1, 0.15) is 15.8 Å². The number of hydrogen-bond donors (Lipinski definition) is 2. The Labute approximate surface area is 262 Å². The highest BCUT2D eigenvalue weighted by Crippen LogP contribution is 2.46. The summed E-state index contributed by atoms with van der Waals surface area (Å²) in [4.78, 5) is 33.6. The van der Waals surface area contributed by atoms with Crippen LogP contribution in [0.25, 0.3) is 20.8 Å². The standard InChI is InChI=1S/C31H28N4O6S3/c1-3-41-31(37)35-16-15-23-26(18-35)43-30(27(23)29-32-24-9-4-5-10-25(24)42-29)33-28(36)19-7-6-8-20(17-19)34-44(38,39)22-13-11-21(40-2)12-14-22/h4-14,17,34H,3,15-16,18H2,1-2H3,(H,33,36). The van der Waals surface area contributed by atoms with Gasteiger partial charge in [-0.05, 0) is 73.5 Å². The Morgan fingerprint density at radius 3 is 2.57 bits per heavy atom. The number of hydrogen-bond acceptors (Lipinski definition) is 9. The Hall–Kier alpha value is -4.46. The minimum absolute atomic E-state index is 0.0645. The largest absolute Gasteiger partial charge is 0.497 e. The first-order valence-electron chi connectivity index (χ1n) is 13.8. The van der Waals surface area contributed by atoms with Crippen LogP contribution in [0.15, 0.2) is 77.7 Å². The molecule has 0 atom stereocenters. The van der Waals surface area contributed by atoms with Crippen LogP contribution in [0.5, 0.6) is 5.75 Å². The second-order valence-electron chi connectivity index (χ2n) is 9.88. The van der Waals surface area contributed by atoms with E-state index in [9.17, 15) is 18.0 Å². The number of thiophene rings is 1. The number of anilines is 2. The number of aromatic nitrogens is 1. The van der Waals surface area contributed by atoms with E-state index >= 15 is 0 Å². The predicted octanol–water partition coefficient (Wildman–Crippen LogP) is 6.60. The van der Waals surface area contributed by atoms with Gasteiger partial charge in [0.15, 0.2) is 0 Å². The van der Waals surface area contributed by atoms with Crippen molar-refractivity contribution in [3.8, 4) is 16.3 Å². The first kappa shape index (κ1) is 29.6. The lowest BCUT2D eigenvalue weighted by Gasteiger charge is -2.26. The van der Waals surface area contributed by atoms with Crippen LogP contribution >= 0.6 is 22.7 Å². The quantitative estimate of drug-likeness (QED) is 0.194. The molecular weight excluding hydrogens is 621 g/mol. The summed E-state index contributed by atoms with van der Waals surface area (Å²) in [5.74, 6) is 0.135. The molecule has 226 valence electrons. The van der Waals surface area contributed by atoms with E-state index in [4.69, 9.17) is 14.5 Å². The average molecular weight is 649 g/mol. The van der Waals surface area contributed by atoms with Crippen LogP contribution in [-0.4, -0.2) is 50.6 Å². The van der Waals surface area contributed by atoms with E-state index in [2.05, 4.69) is 10.0 Å². The summed E-state index contributed by atoms with van der Waals surface area (Å²) in [6.45, 7) is 2.93. The number of carbonyl (C=O) groups is 2. The van der Waals surface area contributed by atoms with Crippen molar-refractivity contribution in [3.05, 3.63) is 88.8 Å². The average Bonchev–Trinajstić information content (AvgIpc) is 3.61. The van der Waals surface area contributed by atoms with Crippen molar-refractivity contribution in [3.63, 3.8) is 0 Å². The first-order valence-corrected chi connectivity index (χ1v) is 16.9. The minimum atomic E-state index is -3.90. The Morgan fingerprint density at radius 1 is 1.02 bits per heavy atom. The van der Waals surface area contributed by atoms with Crippen molar-refractivity contribution in [1.82, 2.24) is 9.88 Å². The van der Waals surface area contributed by atoms with Crippen molar-refractivity contribution in [2.24, 2.45) is 0 Å². The number of para-hydroxylation sites is 1. The number of thiazole rings is 1. The van der Waals surface area contributed by atoms with Gasteiger partial charge in [-0.15, -0.1) is 22.7 Å². The van der Waals surface area contributed by atoms with E-state index < -0.39 is 15.9 Å². The Bertz CT molecular complexity index is 1930. The van der Waals surface area contributed by atoms with Gasteiger partial charge in [-0.25, -0.2) is 18.2 Å². The van der Waals surface area contributed by atoms with Gasteiger partial charge in [-0.3, -0.25) is 9.52 Å². The summed E-state index contributed by atoms with van der Waals surface area (Å²) in [7, 11) is -2.39. The fourth-order valence-corrected chi connectivity index (χ4v) is 8.35. The lowest BCUT2D eigenvalue weighted by Crippen LogP contribution is -2.35. The summed E-state index contributed by atoms with van der Waals surface area (Å²) in [6.07, 6.45) is 0.224. The van der Waals surface area contributed by atoms with Crippen LogP contribution in [0.1, 0.15) is 27.7 Å². The fraction of sp³-hybridized carbons (Fsp3) is 0.194. The van der Waals surface area contributed by atoms with Crippen LogP contribution in [-0.2, 0) is 27.7 Å². The van der Waals surface area contributed by atoms with Gasteiger partial charge >= 0.3 is 6.09 Å². The molecule has 0 saturated heterocycles. The second kappa shape index (κ2) is 12.3. The summed E-state index contributed by atoms with van der Waals surface area (Å²) < 4.78 is 39.9. The highest BCUT2D eigenvalue weighted by molar-refractivity contribution is 7.92. The SMILES string of the molecule is CCOC(=O)N1CCc2c(sc(NC(=O)c3cccc(NS(=O)(=O)c4ccc(OC)cc4)c3)c2-c2nc3ccccc3s2)C1. The molecule has 5 aromatic rings. The van der Waals surface area contributed by atoms with Gasteiger partial charge < -0.3 is 19.7 Å². The highest BCUT2D eigenvalue weighted by Gasteiger charge is 2.30. The van der Waals surface area contributed by atoms with Crippen LogP contribution in [0, 0.1) is 0 Å². The molecule has 10 nitrogen and oxygen atoms in total. The fourth-order valence-electron chi connectivity index (χ4n) is 4.94. The molecule has 1 aliphatic rings. The van der Waals surface area contributed by atoms with Crippen LogP contribution in [0.3, 0.4) is 0 Å². The van der Waals surface area contributed by atoms with Crippen molar-refractivity contribution < 1.29 is 27.5 Å². The molecule has 0 bridgehead atoms. The minimum Gasteiger partial charge on any atom is -0.497 e. The number of carbonyl (C=O) groups excluding carboxylic acids is 2. The monoisotopic (exact) mass is 648 g/mol. The number of rotatable bonds is 8. The van der Waals surface area contributed by atoms with Gasteiger partial charge in [0.05, 0.1) is 35.4 Å². The zero-order chi connectivity index (χ0) is 30.8. The van der Waals surface area contributed by atoms with Gasteiger partial charge in [0.2, 0.25) is 0 Å². The molecule has 6 rings (SSSR count). The van der Waals surface area contributed by atoms with Crippen LogP contribution < -0.4 is 14.8 Å². The zero-order valence-electron chi connectivity index (χ0n) is 23.8. The highest BCUT2D eigenvalue weighted by atomic mass is 32.2. The molecule has 1 aliphatic heterocycles. The predicted molar refractivity (Wildman–Crippen MR) is 172 cm³/mol. The number of benzene rings is 3. The van der Waals surface area contributed by atoms with Crippen LogP contribution in [0.4, 0.5) is 15.5 Å². The number of nitrogens with zero attached hydrogens (tertiary/aromatic N) is 2. The molecule has 0 aliphatic carbocycles. The first-order chi connectivity index (χ1) is 21.3. The van der Waals surface area contributed by atoms with Crippen molar-refractivity contribution in [1.29, 1.82) is 0 Å². The van der Waals surface area contributed by atoms with Gasteiger partial charge in [-0.1, -0.05) is 18.2 Å². The normalized spacial score (nSPS) is 12.9. The number of sulfonamides is 1. The van der Waals surface area contributed by atoms with E-state index in [0.717, 1.165) is 31.2 Å². The maximum absolute atomic E-state index is 13.6. The molecule has 0 spiro atoms. The summed E-state index contributed by atoms with van der Waals surface area (Å²) >= 11 is 2.95. The van der Waals surface area contributed by atoms with Crippen molar-refractivity contribution in [2.45, 2.75) is 24.8 Å². The third-order valence-electron chi connectivity index (χ3n) is 7.06. The van der Waals surface area contributed by atoms with E-state index in [0.29, 0.717) is 36.9 Å². The number of fused-ring (bicyclic) bond motifs is 2. The molecule has 0 radical (unpaired) electrons. The Morgan fingerprint density at radius 2 is 1.82 bits per heavy atom.